The Kier molecular flexibility index (Phi) is 18.7. The maximum absolute atomic E-state index is 14.7. The Morgan fingerprint density at radius 3 is 1.87 bits per heavy atom. The summed E-state index contributed by atoms with van der Waals surface area (Å²) >= 11 is 0. The molecule has 5 atom stereocenters. The Morgan fingerprint density at radius 2 is 1.30 bits per heavy atom. The van der Waals surface area contributed by atoms with Crippen LogP contribution in [0.4, 0.5) is 0 Å². The van der Waals surface area contributed by atoms with Crippen LogP contribution in [-0.4, -0.2) is 87.2 Å². The van der Waals surface area contributed by atoms with Crippen molar-refractivity contribution >= 4 is 45.2 Å². The second-order valence-electron chi connectivity index (χ2n) is 17.7. The second-order valence-corrected chi connectivity index (χ2v) is 17.7. The molecule has 1 unspecified atom stereocenters. The summed E-state index contributed by atoms with van der Waals surface area (Å²) in [5, 5.41) is 36.8. The van der Waals surface area contributed by atoms with Crippen molar-refractivity contribution in [1.29, 1.82) is 0 Å². The van der Waals surface area contributed by atoms with E-state index in [1.54, 1.807) is 6.20 Å². The molecular formula is C50H67N7O6. The number of nitrogens with one attached hydrogen (secondary N) is 5. The van der Waals surface area contributed by atoms with Gasteiger partial charge in [-0.3, -0.25) is 19.2 Å². The average Bonchev–Trinajstić information content (AvgIpc) is 3.78. The van der Waals surface area contributed by atoms with Crippen LogP contribution < -0.4 is 27.0 Å². The molecule has 338 valence electrons. The van der Waals surface area contributed by atoms with E-state index in [0.717, 1.165) is 39.1 Å². The van der Waals surface area contributed by atoms with Gasteiger partial charge >= 0.3 is 0 Å². The summed E-state index contributed by atoms with van der Waals surface area (Å²) in [6.07, 6.45) is 5.24. The molecule has 0 saturated carbocycles. The van der Waals surface area contributed by atoms with E-state index in [0.29, 0.717) is 50.8 Å². The Bertz CT molecular complexity index is 2140. The molecule has 0 aliphatic carbocycles. The maximum atomic E-state index is 14.7. The first kappa shape index (κ1) is 48.4. The van der Waals surface area contributed by atoms with E-state index < -0.39 is 42.0 Å². The highest BCUT2D eigenvalue weighted by molar-refractivity contribution is 5.92. The van der Waals surface area contributed by atoms with Crippen molar-refractivity contribution in [1.82, 2.24) is 31.2 Å². The number of hydrogen-bond donors (Lipinski definition) is 8. The summed E-state index contributed by atoms with van der Waals surface area (Å²) < 4.78 is 0. The zero-order valence-electron chi connectivity index (χ0n) is 37.2. The number of aromatic amines is 1. The van der Waals surface area contributed by atoms with Gasteiger partial charge < -0.3 is 42.2 Å². The van der Waals surface area contributed by atoms with E-state index in [4.69, 9.17) is 10.8 Å². The number of aliphatic hydroxyl groups is 2. The average molecular weight is 862 g/mol. The molecule has 4 amide bonds. The van der Waals surface area contributed by atoms with Gasteiger partial charge in [0, 0.05) is 36.8 Å². The van der Waals surface area contributed by atoms with Crippen LogP contribution in [0, 0.1) is 17.8 Å². The molecule has 0 spiro atoms. The SMILES string of the molecule is CC(C)C[C@H](NC(=O)C[C@H](O)[C@H](CC(C)C)NC(=O)C(Cc1cnc[nH]1)NC(=O)C(Cc1cccc2ccccc12)Cc1cccc2ccccc12)C(=O)NCCCC[C@H](N)CO. The molecule has 1 heterocycles. The molecule has 0 bridgehead atoms. The number of fused-ring (bicyclic) bond motifs is 2. The summed E-state index contributed by atoms with van der Waals surface area (Å²) in [5.41, 5.74) is 8.47. The number of unbranched alkanes of at least 4 members (excludes halogenated alkanes) is 1. The van der Waals surface area contributed by atoms with Gasteiger partial charge in [0.2, 0.25) is 23.6 Å². The molecule has 0 aliphatic rings. The van der Waals surface area contributed by atoms with E-state index in [2.05, 4.69) is 67.6 Å². The van der Waals surface area contributed by atoms with Crippen LogP contribution >= 0.6 is 0 Å². The second kappa shape index (κ2) is 24.3. The van der Waals surface area contributed by atoms with Gasteiger partial charge in [0.15, 0.2) is 0 Å². The molecule has 0 fully saturated rings. The molecule has 5 aromatic rings. The first-order chi connectivity index (χ1) is 30.3. The maximum Gasteiger partial charge on any atom is 0.243 e. The van der Waals surface area contributed by atoms with Crippen LogP contribution in [-0.2, 0) is 38.4 Å². The Labute approximate surface area is 371 Å². The third-order valence-corrected chi connectivity index (χ3v) is 11.5. The van der Waals surface area contributed by atoms with Gasteiger partial charge in [-0.15, -0.1) is 0 Å². The molecule has 1 aromatic heterocycles. The molecule has 4 aromatic carbocycles. The zero-order chi connectivity index (χ0) is 45.3. The van der Waals surface area contributed by atoms with Crippen molar-refractivity contribution in [3.05, 3.63) is 114 Å². The lowest BCUT2D eigenvalue weighted by Crippen LogP contribution is -2.55. The number of imidazole rings is 1. The molecule has 13 nitrogen and oxygen atoms in total. The minimum atomic E-state index is -1.29. The lowest BCUT2D eigenvalue weighted by Gasteiger charge is -2.29. The van der Waals surface area contributed by atoms with Gasteiger partial charge in [0.25, 0.3) is 0 Å². The third kappa shape index (κ3) is 15.0. The fraction of sp³-hybridized carbons (Fsp3) is 0.460. The monoisotopic (exact) mass is 862 g/mol. The van der Waals surface area contributed by atoms with Crippen molar-refractivity contribution in [2.75, 3.05) is 13.2 Å². The molecule has 5 rings (SSSR count). The predicted molar refractivity (Wildman–Crippen MR) is 248 cm³/mol. The summed E-state index contributed by atoms with van der Waals surface area (Å²) in [4.78, 5) is 63.0. The highest BCUT2D eigenvalue weighted by Gasteiger charge is 2.32. The van der Waals surface area contributed by atoms with E-state index in [-0.39, 0.29) is 49.1 Å². The highest BCUT2D eigenvalue weighted by Crippen LogP contribution is 2.27. The molecule has 0 aliphatic heterocycles. The van der Waals surface area contributed by atoms with Crippen LogP contribution in [0.25, 0.3) is 21.5 Å². The van der Waals surface area contributed by atoms with Crippen molar-refractivity contribution < 1.29 is 29.4 Å². The van der Waals surface area contributed by atoms with E-state index in [1.807, 2.05) is 76.2 Å². The number of carbonyl (C=O) groups excluding carboxylic acids is 4. The topological polar surface area (TPSA) is 212 Å². The minimum Gasteiger partial charge on any atom is -0.395 e. The zero-order valence-corrected chi connectivity index (χ0v) is 37.2. The van der Waals surface area contributed by atoms with Crippen molar-refractivity contribution in [3.8, 4) is 0 Å². The number of amides is 4. The largest absolute Gasteiger partial charge is 0.395 e. The lowest BCUT2D eigenvalue weighted by molar-refractivity contribution is -0.133. The number of nitrogens with two attached hydrogens (primary N) is 1. The normalized spacial score (nSPS) is 14.1. The first-order valence-corrected chi connectivity index (χ1v) is 22.4. The number of aliphatic hydroxyl groups excluding tert-OH is 2. The molecule has 63 heavy (non-hydrogen) atoms. The van der Waals surface area contributed by atoms with Crippen LogP contribution in [0.3, 0.4) is 0 Å². The van der Waals surface area contributed by atoms with Gasteiger partial charge in [-0.2, -0.15) is 0 Å². The quantitative estimate of drug-likeness (QED) is 0.0362. The number of rotatable bonds is 25. The van der Waals surface area contributed by atoms with Gasteiger partial charge in [0.1, 0.15) is 12.1 Å². The van der Waals surface area contributed by atoms with Crippen LogP contribution in [0.2, 0.25) is 0 Å². The van der Waals surface area contributed by atoms with Crippen molar-refractivity contribution in [2.24, 2.45) is 23.5 Å². The molecule has 0 saturated heterocycles. The summed E-state index contributed by atoms with van der Waals surface area (Å²) in [6.45, 7) is 8.14. The fourth-order valence-electron chi connectivity index (χ4n) is 8.19. The Balaban J connectivity index is 1.33. The number of aromatic nitrogens is 2. The van der Waals surface area contributed by atoms with Gasteiger partial charge in [0.05, 0.1) is 31.5 Å². The number of H-pyrrole nitrogens is 1. The smallest absolute Gasteiger partial charge is 0.243 e. The molecule has 13 heteroatoms. The lowest BCUT2D eigenvalue weighted by atomic mass is 9.87. The number of carbonyl (C=O) groups is 4. The van der Waals surface area contributed by atoms with Gasteiger partial charge in [-0.05, 0) is 83.0 Å². The van der Waals surface area contributed by atoms with Crippen LogP contribution in [0.1, 0.15) is 83.0 Å². The van der Waals surface area contributed by atoms with Gasteiger partial charge in [-0.25, -0.2) is 4.98 Å². The Hall–Kier alpha value is -5.63. The highest BCUT2D eigenvalue weighted by atomic mass is 16.3. The number of nitrogens with zero attached hydrogens (tertiary/aromatic N) is 1. The number of benzene rings is 4. The van der Waals surface area contributed by atoms with E-state index >= 15 is 0 Å². The minimum absolute atomic E-state index is 0.0332. The first-order valence-electron chi connectivity index (χ1n) is 22.4. The van der Waals surface area contributed by atoms with Crippen LogP contribution in [0.15, 0.2) is 97.5 Å². The summed E-state index contributed by atoms with van der Waals surface area (Å²) in [5.74, 6) is -2.06. The molecule has 9 N–H and O–H groups in total. The van der Waals surface area contributed by atoms with Gasteiger partial charge in [-0.1, -0.05) is 119 Å². The molecular weight excluding hydrogens is 795 g/mol. The molecule has 0 radical (unpaired) electrons. The number of hydrogen-bond acceptors (Lipinski definition) is 8. The predicted octanol–water partition coefficient (Wildman–Crippen LogP) is 5.26. The van der Waals surface area contributed by atoms with Crippen molar-refractivity contribution in [3.63, 3.8) is 0 Å². The van der Waals surface area contributed by atoms with Crippen LogP contribution in [0.5, 0.6) is 0 Å². The Morgan fingerprint density at radius 1 is 0.698 bits per heavy atom. The standard InChI is InChI=1S/C50H67N7O6/c1-32(2)23-43(46(59)28-47(60)55-44(24-33(3)4)49(62)53-22-10-9-19-39(51)30-58)56-50(63)45(27-40-29-52-31-54-40)57-48(61)38(25-36-17-11-15-34-13-5-7-20-41(34)36)26-37-18-12-16-35-14-6-8-21-42(35)37/h5-8,11-18,20-21,29,31-33,38-39,43-46,58-59H,9-10,19,22-28,30,51H2,1-4H3,(H,52,54)(H,53,62)(H,55,60)(H,56,63)(H,57,61)/t39-,43-,44-,45?,46-/m0/s1. The summed E-state index contributed by atoms with van der Waals surface area (Å²) in [7, 11) is 0. The third-order valence-electron chi connectivity index (χ3n) is 11.5. The fourth-order valence-corrected chi connectivity index (χ4v) is 8.19. The van der Waals surface area contributed by atoms with Crippen molar-refractivity contribution in [2.45, 2.75) is 116 Å². The summed E-state index contributed by atoms with van der Waals surface area (Å²) in [6, 6.07) is 25.4. The van der Waals surface area contributed by atoms with E-state index in [9.17, 15) is 24.3 Å². The van der Waals surface area contributed by atoms with E-state index in [1.165, 1.54) is 6.33 Å².